The zero-order valence-corrected chi connectivity index (χ0v) is 17.4. The highest BCUT2D eigenvalue weighted by Gasteiger charge is 2.47. The Kier molecular flexibility index (Phi) is 4.99. The van der Waals surface area contributed by atoms with Gasteiger partial charge >= 0.3 is 12.3 Å². The van der Waals surface area contributed by atoms with Gasteiger partial charge in [0.05, 0.1) is 17.3 Å². The van der Waals surface area contributed by atoms with Crippen LogP contribution < -0.4 is 0 Å². The van der Waals surface area contributed by atoms with Gasteiger partial charge in [-0.25, -0.2) is 4.79 Å². The molecule has 9 heteroatoms. The van der Waals surface area contributed by atoms with Crippen LogP contribution >= 0.6 is 0 Å². The van der Waals surface area contributed by atoms with Gasteiger partial charge in [-0.1, -0.05) is 36.4 Å². The molecule has 0 spiro atoms. The molecule has 2 bridgehead atoms. The van der Waals surface area contributed by atoms with Gasteiger partial charge in [-0.05, 0) is 36.6 Å². The molecule has 1 amide bonds. The first-order chi connectivity index (χ1) is 15.8. The maximum absolute atomic E-state index is 13.2. The number of hydrogen-bond donors (Lipinski definition) is 2. The number of piperidine rings is 1. The Labute approximate surface area is 187 Å². The number of halogens is 3. The van der Waals surface area contributed by atoms with Gasteiger partial charge in [0.2, 0.25) is 11.8 Å². The Bertz CT molecular complexity index is 1210. The van der Waals surface area contributed by atoms with Crippen LogP contribution in [0.2, 0.25) is 0 Å². The summed E-state index contributed by atoms with van der Waals surface area (Å²) in [6.07, 6.45) is -3.87. The molecule has 2 aliphatic heterocycles. The van der Waals surface area contributed by atoms with Gasteiger partial charge < -0.3 is 19.8 Å². The van der Waals surface area contributed by atoms with Crippen molar-refractivity contribution < 1.29 is 32.9 Å². The molecular weight excluding hydrogens is 437 g/mol. The largest absolute Gasteiger partial charge is 0.494 e. The van der Waals surface area contributed by atoms with E-state index in [0.29, 0.717) is 30.5 Å². The number of alkyl halides is 3. The Morgan fingerprint density at radius 3 is 2.45 bits per heavy atom. The van der Waals surface area contributed by atoms with Crippen LogP contribution in [0.25, 0.3) is 5.69 Å². The zero-order chi connectivity index (χ0) is 23.3. The number of aromatic nitrogens is 1. The van der Waals surface area contributed by atoms with Gasteiger partial charge in [-0.3, -0.25) is 4.57 Å². The smallest absolute Gasteiger partial charge is 0.416 e. The molecule has 1 fully saturated rings. The van der Waals surface area contributed by atoms with Crippen LogP contribution in [0.3, 0.4) is 0 Å². The van der Waals surface area contributed by atoms with E-state index in [1.54, 1.807) is 0 Å². The lowest BCUT2D eigenvalue weighted by Gasteiger charge is -2.44. The second-order valence-corrected chi connectivity index (χ2v) is 8.34. The molecule has 2 N–H and O–H groups in total. The summed E-state index contributed by atoms with van der Waals surface area (Å²) >= 11 is 0. The Morgan fingerprint density at radius 1 is 1.00 bits per heavy atom. The molecule has 172 valence electrons. The molecule has 6 rings (SSSR count). The Morgan fingerprint density at radius 2 is 1.73 bits per heavy atom. The normalized spacial score (nSPS) is 19.4. The molecular formula is C24H21F3N2O4. The van der Waals surface area contributed by atoms with Gasteiger partial charge in [-0.15, -0.1) is 0 Å². The number of hydrogen-bond acceptors (Lipinski definition) is 4. The molecule has 0 saturated carbocycles. The lowest BCUT2D eigenvalue weighted by atomic mass is 9.76. The minimum absolute atomic E-state index is 0.00757. The summed E-state index contributed by atoms with van der Waals surface area (Å²) in [5, 5.41) is 21.9. The van der Waals surface area contributed by atoms with Crippen molar-refractivity contribution in [1.29, 1.82) is 0 Å². The van der Waals surface area contributed by atoms with E-state index in [1.165, 1.54) is 17.0 Å². The molecule has 2 unspecified atom stereocenters. The van der Waals surface area contributed by atoms with Crippen molar-refractivity contribution in [2.45, 2.75) is 37.6 Å². The van der Waals surface area contributed by atoms with Gasteiger partial charge in [0, 0.05) is 23.6 Å². The molecule has 33 heavy (non-hydrogen) atoms. The van der Waals surface area contributed by atoms with Crippen LogP contribution in [0.5, 0.6) is 11.8 Å². The third kappa shape index (κ3) is 3.57. The predicted molar refractivity (Wildman–Crippen MR) is 112 cm³/mol. The highest BCUT2D eigenvalue weighted by molar-refractivity contribution is 5.71. The van der Waals surface area contributed by atoms with Crippen LogP contribution in [0.4, 0.5) is 18.0 Å². The molecule has 6 nitrogen and oxygen atoms in total. The number of aromatic hydroxyl groups is 2. The summed E-state index contributed by atoms with van der Waals surface area (Å²) in [7, 11) is 0. The molecule has 1 aliphatic carbocycles. The second kappa shape index (κ2) is 7.75. The number of carbonyl (C=O) groups is 1. The lowest BCUT2D eigenvalue weighted by Crippen LogP contribution is -2.45. The molecule has 3 aliphatic rings. The van der Waals surface area contributed by atoms with Gasteiger partial charge in [0.25, 0.3) is 0 Å². The summed E-state index contributed by atoms with van der Waals surface area (Å²) in [6.45, 7) is 0.397. The van der Waals surface area contributed by atoms with Crippen molar-refractivity contribution in [2.75, 3.05) is 6.54 Å². The summed E-state index contributed by atoms with van der Waals surface area (Å²) in [5.41, 5.74) is 0.786. The minimum atomic E-state index is -4.56. The maximum atomic E-state index is 13.2. The Hall–Kier alpha value is -3.62. The third-order valence-electron chi connectivity index (χ3n) is 6.39. The third-order valence-corrected chi connectivity index (χ3v) is 6.39. The van der Waals surface area contributed by atoms with Crippen molar-refractivity contribution in [2.24, 2.45) is 0 Å². The van der Waals surface area contributed by atoms with Crippen molar-refractivity contribution in [1.82, 2.24) is 9.47 Å². The van der Waals surface area contributed by atoms with E-state index in [0.717, 1.165) is 22.3 Å². The lowest BCUT2D eigenvalue weighted by molar-refractivity contribution is -0.137. The number of nitrogens with zero attached hydrogens (tertiary/aromatic N) is 2. The minimum Gasteiger partial charge on any atom is -0.494 e. The summed E-state index contributed by atoms with van der Waals surface area (Å²) in [5.74, 6) is -0.918. The van der Waals surface area contributed by atoms with Gasteiger partial charge in [0.1, 0.15) is 6.61 Å². The predicted octanol–water partition coefficient (Wildman–Crippen LogP) is 5.48. The first-order valence-corrected chi connectivity index (χ1v) is 10.6. The molecule has 1 aromatic heterocycles. The van der Waals surface area contributed by atoms with Crippen LogP contribution in [-0.4, -0.2) is 32.3 Å². The number of rotatable bonds is 3. The molecule has 1 saturated heterocycles. The average molecular weight is 458 g/mol. The van der Waals surface area contributed by atoms with E-state index in [2.05, 4.69) is 0 Å². The number of ether oxygens (including phenoxy) is 1. The van der Waals surface area contributed by atoms with Gasteiger partial charge in [0.15, 0.2) is 0 Å². The number of amides is 1. The van der Waals surface area contributed by atoms with Crippen LogP contribution in [0.15, 0.2) is 54.6 Å². The van der Waals surface area contributed by atoms with E-state index >= 15 is 0 Å². The number of benzene rings is 2. The summed E-state index contributed by atoms with van der Waals surface area (Å²) in [6, 6.07) is 13.1. The van der Waals surface area contributed by atoms with E-state index in [4.69, 9.17) is 4.74 Å². The monoisotopic (exact) mass is 458 g/mol. The molecule has 2 atom stereocenters. The molecule has 2 aromatic carbocycles. The van der Waals surface area contributed by atoms with Crippen LogP contribution in [-0.2, 0) is 17.5 Å². The zero-order valence-electron chi connectivity index (χ0n) is 17.4. The average Bonchev–Trinajstić information content (AvgIpc) is 3.10. The first-order valence-electron chi connectivity index (χ1n) is 10.6. The summed E-state index contributed by atoms with van der Waals surface area (Å²) in [4.78, 5) is 14.3. The van der Waals surface area contributed by atoms with Crippen molar-refractivity contribution in [3.63, 3.8) is 0 Å². The number of carbonyl (C=O) groups excluding carboxylic acids is 1. The van der Waals surface area contributed by atoms with Gasteiger partial charge in [-0.2, -0.15) is 13.2 Å². The fraction of sp³-hybridized carbons (Fsp3) is 0.292. The van der Waals surface area contributed by atoms with E-state index < -0.39 is 23.9 Å². The molecule has 0 radical (unpaired) electrons. The van der Waals surface area contributed by atoms with Crippen molar-refractivity contribution in [3.05, 3.63) is 76.9 Å². The fourth-order valence-electron chi connectivity index (χ4n) is 4.89. The number of fused-ring (bicyclic) bond motifs is 2. The van der Waals surface area contributed by atoms with Crippen LogP contribution in [0.1, 0.15) is 47.1 Å². The van der Waals surface area contributed by atoms with Crippen molar-refractivity contribution >= 4 is 6.09 Å². The quantitative estimate of drug-likeness (QED) is 0.545. The SMILES string of the molecule is O=C(OCc1ccccc1)N1CC2CCC1c1c2c(O)n(-c2cccc(C(F)(F)F)c2)c1O. The summed E-state index contributed by atoms with van der Waals surface area (Å²) < 4.78 is 46.0. The van der Waals surface area contributed by atoms with Crippen molar-refractivity contribution in [3.8, 4) is 17.4 Å². The highest BCUT2D eigenvalue weighted by atomic mass is 19.4. The van der Waals surface area contributed by atoms with E-state index in [9.17, 15) is 28.2 Å². The second-order valence-electron chi connectivity index (χ2n) is 8.34. The standard InChI is InChI=1S/C24H21F3N2O4/c25-24(26,27)16-7-4-8-17(11-16)29-21(30)19-15-9-10-18(20(19)22(29)31)28(12-15)23(32)33-13-14-5-2-1-3-6-14/h1-8,11,15,18,30-31H,9-10,12-13H2. The fourth-order valence-corrected chi connectivity index (χ4v) is 4.89. The van der Waals surface area contributed by atoms with E-state index in [-0.39, 0.29) is 30.0 Å². The van der Waals surface area contributed by atoms with Crippen LogP contribution in [0, 0.1) is 0 Å². The Balaban J connectivity index is 1.47. The highest BCUT2D eigenvalue weighted by Crippen LogP contribution is 2.55. The van der Waals surface area contributed by atoms with E-state index in [1.807, 2.05) is 30.3 Å². The topological polar surface area (TPSA) is 74.9 Å². The molecule has 3 heterocycles. The first kappa shape index (κ1) is 21.2. The maximum Gasteiger partial charge on any atom is 0.416 e. The molecule has 3 aromatic rings.